The fraction of sp³-hybridized carbons (Fsp3) is 0.571. The Morgan fingerprint density at radius 1 is 1.29 bits per heavy atom. The van der Waals surface area contributed by atoms with Crippen LogP contribution in [0.2, 0.25) is 0 Å². The first-order valence-electron chi connectivity index (χ1n) is 7.12. The molecule has 1 saturated heterocycles. The summed E-state index contributed by atoms with van der Waals surface area (Å²) in [4.78, 5) is 0. The molecule has 0 spiro atoms. The average Bonchev–Trinajstić information content (AvgIpc) is 2.46. The van der Waals surface area contributed by atoms with E-state index in [-0.39, 0.29) is 4.08 Å². The normalized spacial score (nSPS) is 18.4. The Morgan fingerprint density at radius 2 is 1.95 bits per heavy atom. The Kier molecular flexibility index (Phi) is 5.51. The third-order valence-electron chi connectivity index (χ3n) is 3.61. The van der Waals surface area contributed by atoms with E-state index in [1.165, 1.54) is 6.42 Å². The van der Waals surface area contributed by atoms with Gasteiger partial charge in [0, 0.05) is 5.56 Å². The standard InChI is InChI=1S/C14H22N2O2S3/c1-3-11-7-5-8-12(13(11)16-21(15,17)18)14(4-2)19-9-6-10-20-14/h5,7-8,16H,3-4,6,9-10H2,1-2H3,(H2,15,17,18). The largest absolute Gasteiger partial charge is 0.296 e. The number of thioether (sulfide) groups is 2. The molecule has 21 heavy (non-hydrogen) atoms. The van der Waals surface area contributed by atoms with Gasteiger partial charge >= 0.3 is 0 Å². The van der Waals surface area contributed by atoms with Crippen LogP contribution in [0.4, 0.5) is 5.69 Å². The van der Waals surface area contributed by atoms with E-state index in [1.54, 1.807) is 0 Å². The van der Waals surface area contributed by atoms with Gasteiger partial charge in [0.1, 0.15) is 0 Å². The zero-order chi connectivity index (χ0) is 15.5. The van der Waals surface area contributed by atoms with Crippen molar-refractivity contribution in [3.05, 3.63) is 29.3 Å². The van der Waals surface area contributed by atoms with Gasteiger partial charge in [0.05, 0.1) is 9.77 Å². The van der Waals surface area contributed by atoms with Gasteiger partial charge in [-0.05, 0) is 36.3 Å². The number of para-hydroxylation sites is 1. The number of aryl methyl sites for hydroxylation is 1. The van der Waals surface area contributed by atoms with Crippen molar-refractivity contribution < 1.29 is 8.42 Å². The van der Waals surface area contributed by atoms with E-state index in [1.807, 2.05) is 48.6 Å². The van der Waals surface area contributed by atoms with Gasteiger partial charge in [-0.1, -0.05) is 32.0 Å². The average molecular weight is 347 g/mol. The molecule has 0 atom stereocenters. The van der Waals surface area contributed by atoms with Gasteiger partial charge < -0.3 is 0 Å². The molecule has 1 heterocycles. The third-order valence-corrected chi connectivity index (χ3v) is 7.74. The van der Waals surface area contributed by atoms with Gasteiger partial charge in [-0.15, -0.1) is 23.5 Å². The van der Waals surface area contributed by atoms with Crippen LogP contribution in [0.3, 0.4) is 0 Å². The van der Waals surface area contributed by atoms with Crippen LogP contribution in [0.1, 0.15) is 37.8 Å². The highest BCUT2D eigenvalue weighted by Gasteiger charge is 2.36. The molecule has 0 unspecified atom stereocenters. The Labute approximate surface area is 135 Å². The second-order valence-electron chi connectivity index (χ2n) is 5.00. The first-order chi connectivity index (χ1) is 9.92. The first kappa shape index (κ1) is 17.0. The van der Waals surface area contributed by atoms with Crippen LogP contribution in [0.15, 0.2) is 18.2 Å². The number of nitrogens with one attached hydrogen (secondary N) is 1. The number of hydrogen-bond acceptors (Lipinski definition) is 4. The lowest BCUT2D eigenvalue weighted by Crippen LogP contribution is -2.28. The molecule has 0 bridgehead atoms. The van der Waals surface area contributed by atoms with Crippen molar-refractivity contribution in [3.63, 3.8) is 0 Å². The number of rotatable bonds is 5. The maximum atomic E-state index is 11.5. The second kappa shape index (κ2) is 6.81. The van der Waals surface area contributed by atoms with Crippen molar-refractivity contribution in [2.75, 3.05) is 16.2 Å². The van der Waals surface area contributed by atoms with E-state index >= 15 is 0 Å². The smallest absolute Gasteiger partial charge is 0.271 e. The van der Waals surface area contributed by atoms with Crippen LogP contribution in [0.5, 0.6) is 0 Å². The fourth-order valence-electron chi connectivity index (χ4n) is 2.60. The van der Waals surface area contributed by atoms with Gasteiger partial charge in [-0.25, -0.2) is 5.14 Å². The molecule has 0 saturated carbocycles. The van der Waals surface area contributed by atoms with Gasteiger partial charge in [0.15, 0.2) is 0 Å². The van der Waals surface area contributed by atoms with Crippen molar-refractivity contribution >= 4 is 39.4 Å². The third kappa shape index (κ3) is 3.88. The van der Waals surface area contributed by atoms with Gasteiger partial charge in [0.25, 0.3) is 10.2 Å². The number of anilines is 1. The number of hydrogen-bond donors (Lipinski definition) is 2. The fourth-order valence-corrected chi connectivity index (χ4v) is 6.44. The zero-order valence-electron chi connectivity index (χ0n) is 12.4. The van der Waals surface area contributed by atoms with E-state index in [2.05, 4.69) is 11.6 Å². The van der Waals surface area contributed by atoms with Crippen LogP contribution >= 0.6 is 23.5 Å². The maximum Gasteiger partial charge on any atom is 0.296 e. The molecule has 3 N–H and O–H groups in total. The summed E-state index contributed by atoms with van der Waals surface area (Å²) in [6, 6.07) is 6.00. The Hall–Kier alpha value is -0.370. The molecular formula is C14H22N2O2S3. The lowest BCUT2D eigenvalue weighted by molar-refractivity contribution is 0.602. The number of nitrogens with two attached hydrogens (primary N) is 1. The molecule has 1 aromatic carbocycles. The van der Waals surface area contributed by atoms with Gasteiger partial charge in [0.2, 0.25) is 0 Å². The van der Waals surface area contributed by atoms with E-state index in [0.717, 1.165) is 35.5 Å². The SMILES string of the molecule is CCc1cccc(C2(CC)SCCCS2)c1NS(N)(=O)=O. The molecular weight excluding hydrogens is 324 g/mol. The maximum absolute atomic E-state index is 11.5. The summed E-state index contributed by atoms with van der Waals surface area (Å²) in [5.74, 6) is 2.21. The predicted octanol–water partition coefficient (Wildman–Crippen LogP) is 3.30. The predicted molar refractivity (Wildman–Crippen MR) is 94.1 cm³/mol. The molecule has 1 aliphatic heterocycles. The van der Waals surface area contributed by atoms with Crippen LogP contribution in [-0.4, -0.2) is 19.9 Å². The molecule has 2 rings (SSSR count). The van der Waals surface area contributed by atoms with Crippen molar-refractivity contribution in [3.8, 4) is 0 Å². The van der Waals surface area contributed by atoms with E-state index in [0.29, 0.717) is 5.69 Å². The molecule has 118 valence electrons. The van der Waals surface area contributed by atoms with Crippen molar-refractivity contribution in [2.24, 2.45) is 5.14 Å². The highest BCUT2D eigenvalue weighted by molar-refractivity contribution is 8.18. The van der Waals surface area contributed by atoms with Gasteiger partial charge in [-0.3, -0.25) is 4.72 Å². The molecule has 0 aromatic heterocycles. The number of benzene rings is 1. The lowest BCUT2D eigenvalue weighted by atomic mass is 10.0. The Bertz CT molecular complexity index is 596. The summed E-state index contributed by atoms with van der Waals surface area (Å²) in [6.45, 7) is 4.18. The quantitative estimate of drug-likeness (QED) is 0.858. The minimum absolute atomic E-state index is 0.0869. The van der Waals surface area contributed by atoms with Crippen molar-refractivity contribution in [2.45, 2.75) is 37.2 Å². The summed E-state index contributed by atoms with van der Waals surface area (Å²) in [5.41, 5.74) is 2.71. The molecule has 0 amide bonds. The zero-order valence-corrected chi connectivity index (χ0v) is 14.8. The van der Waals surface area contributed by atoms with Gasteiger partial charge in [-0.2, -0.15) is 8.42 Å². The molecule has 0 radical (unpaired) electrons. The molecule has 4 nitrogen and oxygen atoms in total. The van der Waals surface area contributed by atoms with Crippen LogP contribution in [-0.2, 0) is 20.7 Å². The molecule has 1 fully saturated rings. The molecule has 1 aromatic rings. The molecule has 0 aliphatic carbocycles. The summed E-state index contributed by atoms with van der Waals surface area (Å²) in [5, 5.41) is 5.22. The topological polar surface area (TPSA) is 72.2 Å². The summed E-state index contributed by atoms with van der Waals surface area (Å²) < 4.78 is 25.6. The summed E-state index contributed by atoms with van der Waals surface area (Å²) in [7, 11) is -3.77. The monoisotopic (exact) mass is 346 g/mol. The highest BCUT2D eigenvalue weighted by Crippen LogP contribution is 2.54. The van der Waals surface area contributed by atoms with Crippen LogP contribution in [0.25, 0.3) is 0 Å². The van der Waals surface area contributed by atoms with E-state index < -0.39 is 10.2 Å². The molecule has 1 aliphatic rings. The van der Waals surface area contributed by atoms with Crippen LogP contribution < -0.4 is 9.86 Å². The minimum atomic E-state index is -3.77. The van der Waals surface area contributed by atoms with Crippen LogP contribution in [0, 0.1) is 0 Å². The van der Waals surface area contributed by atoms with E-state index in [9.17, 15) is 8.42 Å². The minimum Gasteiger partial charge on any atom is -0.271 e. The Balaban J connectivity index is 2.56. The van der Waals surface area contributed by atoms with Crippen molar-refractivity contribution in [1.82, 2.24) is 0 Å². The first-order valence-corrected chi connectivity index (χ1v) is 10.6. The van der Waals surface area contributed by atoms with E-state index in [4.69, 9.17) is 5.14 Å². The molecule has 7 heteroatoms. The summed E-state index contributed by atoms with van der Waals surface area (Å²) >= 11 is 3.82. The second-order valence-corrected chi connectivity index (χ2v) is 9.34. The lowest BCUT2D eigenvalue weighted by Gasteiger charge is -2.37. The Morgan fingerprint density at radius 3 is 2.48 bits per heavy atom. The highest BCUT2D eigenvalue weighted by atomic mass is 32.2. The summed E-state index contributed by atoms with van der Waals surface area (Å²) in [6.07, 6.45) is 2.91. The van der Waals surface area contributed by atoms with Crippen molar-refractivity contribution in [1.29, 1.82) is 0 Å².